The first-order valence-corrected chi connectivity index (χ1v) is 6.45. The van der Waals surface area contributed by atoms with Crippen LogP contribution in [0.5, 0.6) is 0 Å². The average molecular weight is 273 g/mol. The van der Waals surface area contributed by atoms with Crippen LogP contribution in [0.15, 0.2) is 0 Å². The maximum atomic E-state index is 11.6. The number of rotatable bonds is 5. The van der Waals surface area contributed by atoms with Gasteiger partial charge in [0.05, 0.1) is 5.60 Å². The number of carbonyl (C=O) groups is 2. The van der Waals surface area contributed by atoms with Crippen molar-refractivity contribution in [3.05, 3.63) is 0 Å². The first-order valence-electron chi connectivity index (χ1n) is 6.45. The molecule has 6 nitrogen and oxygen atoms in total. The van der Waals surface area contributed by atoms with Crippen molar-refractivity contribution in [2.24, 2.45) is 0 Å². The molecule has 0 aliphatic heterocycles. The third kappa shape index (κ3) is 4.70. The number of hydrogen-bond donors (Lipinski definition) is 2. The fourth-order valence-corrected chi connectivity index (χ4v) is 2.08. The van der Waals surface area contributed by atoms with Gasteiger partial charge in [0.2, 0.25) is 0 Å². The zero-order valence-electron chi connectivity index (χ0n) is 12.0. The Morgan fingerprint density at radius 1 is 1.37 bits per heavy atom. The lowest BCUT2D eigenvalue weighted by Crippen LogP contribution is -2.51. The summed E-state index contributed by atoms with van der Waals surface area (Å²) in [6.07, 6.45) is 2.21. The normalized spacial score (nSPS) is 19.2. The number of carbonyl (C=O) groups excluding carboxylic acids is 1. The van der Waals surface area contributed by atoms with Gasteiger partial charge >= 0.3 is 12.1 Å². The summed E-state index contributed by atoms with van der Waals surface area (Å²) in [5.74, 6) is -1.07. The van der Waals surface area contributed by atoms with E-state index in [4.69, 9.17) is 9.47 Å². The molecule has 0 radical (unpaired) electrons. The first kappa shape index (κ1) is 15.8. The number of aliphatic carboxylic acids is 1. The van der Waals surface area contributed by atoms with Crippen LogP contribution in [0.25, 0.3) is 0 Å². The van der Waals surface area contributed by atoms with Gasteiger partial charge in [0.15, 0.2) is 0 Å². The Morgan fingerprint density at radius 3 is 2.26 bits per heavy atom. The van der Waals surface area contributed by atoms with E-state index in [0.717, 1.165) is 19.3 Å². The van der Waals surface area contributed by atoms with Gasteiger partial charge in [-0.1, -0.05) is 0 Å². The summed E-state index contributed by atoms with van der Waals surface area (Å²) in [4.78, 5) is 22.8. The Bertz CT molecular complexity index is 338. The van der Waals surface area contributed by atoms with Gasteiger partial charge in [0, 0.05) is 13.5 Å². The molecule has 110 valence electrons. The number of carboxylic acids is 1. The molecule has 19 heavy (non-hydrogen) atoms. The molecule has 1 aliphatic rings. The molecule has 1 aliphatic carbocycles. The van der Waals surface area contributed by atoms with Crippen molar-refractivity contribution >= 4 is 12.1 Å². The lowest BCUT2D eigenvalue weighted by Gasteiger charge is -2.42. The van der Waals surface area contributed by atoms with E-state index < -0.39 is 29.3 Å². The molecule has 0 bridgehead atoms. The first-order chi connectivity index (χ1) is 8.67. The van der Waals surface area contributed by atoms with Crippen LogP contribution in [0.4, 0.5) is 4.79 Å². The summed E-state index contributed by atoms with van der Waals surface area (Å²) in [6.45, 7) is 5.18. The van der Waals surface area contributed by atoms with Gasteiger partial charge in [0.25, 0.3) is 0 Å². The lowest BCUT2D eigenvalue weighted by atomic mass is 9.75. The van der Waals surface area contributed by atoms with Crippen LogP contribution >= 0.6 is 0 Å². The van der Waals surface area contributed by atoms with Crippen LogP contribution in [0.2, 0.25) is 0 Å². The molecule has 1 rings (SSSR count). The fourth-order valence-electron chi connectivity index (χ4n) is 2.08. The minimum absolute atomic E-state index is 0.262. The molecule has 1 unspecified atom stereocenters. The molecule has 0 saturated heterocycles. The third-order valence-corrected chi connectivity index (χ3v) is 3.26. The highest BCUT2D eigenvalue weighted by Crippen LogP contribution is 2.38. The second-order valence-corrected chi connectivity index (χ2v) is 5.98. The third-order valence-electron chi connectivity index (χ3n) is 3.26. The number of carboxylic acid groups (broad SMARTS) is 1. The number of amides is 1. The molecule has 1 amide bonds. The van der Waals surface area contributed by atoms with Gasteiger partial charge in [-0.3, -0.25) is 0 Å². The summed E-state index contributed by atoms with van der Waals surface area (Å²) >= 11 is 0. The second-order valence-electron chi connectivity index (χ2n) is 5.98. The Hall–Kier alpha value is -1.30. The van der Waals surface area contributed by atoms with Crippen molar-refractivity contribution in [2.45, 2.75) is 63.7 Å². The van der Waals surface area contributed by atoms with E-state index in [1.54, 1.807) is 27.9 Å². The SMILES string of the molecule is COC1(CC(NC(=O)OC(C)(C)C)C(=O)O)CCC1. The lowest BCUT2D eigenvalue weighted by molar-refractivity contribution is -0.144. The number of alkyl carbamates (subject to hydrolysis) is 1. The fraction of sp³-hybridized carbons (Fsp3) is 0.846. The van der Waals surface area contributed by atoms with Crippen molar-refractivity contribution in [3.63, 3.8) is 0 Å². The second kappa shape index (κ2) is 5.77. The Morgan fingerprint density at radius 2 is 1.95 bits per heavy atom. The highest BCUT2D eigenvalue weighted by Gasteiger charge is 2.41. The number of ether oxygens (including phenoxy) is 2. The molecule has 0 aromatic carbocycles. The number of nitrogens with one attached hydrogen (secondary N) is 1. The zero-order valence-corrected chi connectivity index (χ0v) is 12.0. The molecule has 1 fully saturated rings. The van der Waals surface area contributed by atoms with Gasteiger partial charge in [0.1, 0.15) is 11.6 Å². The number of methoxy groups -OCH3 is 1. The zero-order chi connectivity index (χ0) is 14.7. The van der Waals surface area contributed by atoms with Crippen molar-refractivity contribution in [1.82, 2.24) is 5.32 Å². The minimum Gasteiger partial charge on any atom is -0.480 e. The van der Waals surface area contributed by atoms with E-state index in [0.29, 0.717) is 0 Å². The largest absolute Gasteiger partial charge is 0.480 e. The number of hydrogen-bond acceptors (Lipinski definition) is 4. The van der Waals surface area contributed by atoms with Crippen molar-refractivity contribution in [3.8, 4) is 0 Å². The Balaban J connectivity index is 2.58. The molecular formula is C13H23NO5. The van der Waals surface area contributed by atoms with Gasteiger partial charge in [-0.05, 0) is 40.0 Å². The van der Waals surface area contributed by atoms with E-state index >= 15 is 0 Å². The topological polar surface area (TPSA) is 84.9 Å². The van der Waals surface area contributed by atoms with E-state index in [1.165, 1.54) is 0 Å². The molecule has 0 heterocycles. The van der Waals surface area contributed by atoms with Crippen molar-refractivity contribution in [2.75, 3.05) is 7.11 Å². The van der Waals surface area contributed by atoms with E-state index in [2.05, 4.69) is 5.32 Å². The van der Waals surface area contributed by atoms with Gasteiger partial charge in [-0.15, -0.1) is 0 Å². The molecule has 0 spiro atoms. The van der Waals surface area contributed by atoms with Crippen molar-refractivity contribution < 1.29 is 24.2 Å². The van der Waals surface area contributed by atoms with E-state index in [1.807, 2.05) is 0 Å². The molecule has 6 heteroatoms. The molecule has 0 aromatic rings. The Labute approximate surface area is 113 Å². The highest BCUT2D eigenvalue weighted by atomic mass is 16.6. The quantitative estimate of drug-likeness (QED) is 0.799. The summed E-state index contributed by atoms with van der Waals surface area (Å²) in [5, 5.41) is 11.6. The Kier molecular flexibility index (Phi) is 4.79. The smallest absolute Gasteiger partial charge is 0.408 e. The van der Waals surface area contributed by atoms with Crippen molar-refractivity contribution in [1.29, 1.82) is 0 Å². The van der Waals surface area contributed by atoms with Crippen LogP contribution in [0.1, 0.15) is 46.5 Å². The van der Waals surface area contributed by atoms with Crippen LogP contribution in [0.3, 0.4) is 0 Å². The van der Waals surface area contributed by atoms with Crippen LogP contribution in [-0.2, 0) is 14.3 Å². The summed E-state index contributed by atoms with van der Waals surface area (Å²) < 4.78 is 10.4. The van der Waals surface area contributed by atoms with Crippen LogP contribution < -0.4 is 5.32 Å². The monoisotopic (exact) mass is 273 g/mol. The molecular weight excluding hydrogens is 250 g/mol. The van der Waals surface area contributed by atoms with E-state index in [-0.39, 0.29) is 6.42 Å². The average Bonchev–Trinajstić information content (AvgIpc) is 2.18. The summed E-state index contributed by atoms with van der Waals surface area (Å²) in [7, 11) is 1.57. The van der Waals surface area contributed by atoms with Crippen LogP contribution in [-0.4, -0.2) is 41.5 Å². The maximum Gasteiger partial charge on any atom is 0.408 e. The van der Waals surface area contributed by atoms with Gasteiger partial charge in [-0.25, -0.2) is 9.59 Å². The molecule has 1 atom stereocenters. The van der Waals surface area contributed by atoms with E-state index in [9.17, 15) is 14.7 Å². The predicted molar refractivity (Wildman–Crippen MR) is 69.0 cm³/mol. The standard InChI is InChI=1S/C13H23NO5/c1-12(2,3)19-11(17)14-9(10(15)16)8-13(18-4)6-5-7-13/h9H,5-8H2,1-4H3,(H,14,17)(H,15,16). The highest BCUT2D eigenvalue weighted by molar-refractivity contribution is 5.80. The minimum atomic E-state index is -1.07. The maximum absolute atomic E-state index is 11.6. The van der Waals surface area contributed by atoms with Gasteiger partial charge in [-0.2, -0.15) is 0 Å². The molecule has 0 aromatic heterocycles. The predicted octanol–water partition coefficient (Wildman–Crippen LogP) is 1.92. The van der Waals surface area contributed by atoms with Gasteiger partial charge < -0.3 is 19.9 Å². The summed E-state index contributed by atoms with van der Waals surface area (Å²) in [6, 6.07) is -0.991. The van der Waals surface area contributed by atoms with Crippen LogP contribution in [0, 0.1) is 0 Å². The molecule has 1 saturated carbocycles. The molecule has 2 N–H and O–H groups in total. The summed E-state index contributed by atoms with van der Waals surface area (Å²) in [5.41, 5.74) is -1.07.